The Bertz CT molecular complexity index is 1190. The molecule has 3 aromatic carbocycles. The van der Waals surface area contributed by atoms with Crippen LogP contribution in [0.5, 0.6) is 11.5 Å². The van der Waals surface area contributed by atoms with Crippen LogP contribution in [-0.2, 0) is 6.61 Å². The van der Waals surface area contributed by atoms with Gasteiger partial charge in [0, 0.05) is 11.6 Å². The Labute approximate surface area is 163 Å². The molecule has 0 atom stereocenters. The van der Waals surface area contributed by atoms with Crippen molar-refractivity contribution in [3.63, 3.8) is 0 Å². The molecule has 0 saturated heterocycles. The van der Waals surface area contributed by atoms with Gasteiger partial charge in [-0.05, 0) is 30.7 Å². The molecular formula is C24H20O4. The lowest BCUT2D eigenvalue weighted by Crippen LogP contribution is -2.06. The van der Waals surface area contributed by atoms with Gasteiger partial charge in [0.15, 0.2) is 0 Å². The number of para-hydroxylation sites is 1. The number of benzene rings is 3. The second-order valence-electron chi connectivity index (χ2n) is 6.61. The summed E-state index contributed by atoms with van der Waals surface area (Å²) in [5, 5.41) is 0.506. The van der Waals surface area contributed by atoms with Crippen molar-refractivity contribution in [2.45, 2.75) is 13.5 Å². The van der Waals surface area contributed by atoms with Crippen molar-refractivity contribution < 1.29 is 13.9 Å². The SMILES string of the molecule is COc1ccccc1-c1coc2cc(OCc3cccc(C)c3)ccc2c1=O. The van der Waals surface area contributed by atoms with Gasteiger partial charge in [0.1, 0.15) is 30.0 Å². The van der Waals surface area contributed by atoms with E-state index in [0.29, 0.717) is 40.2 Å². The van der Waals surface area contributed by atoms with Crippen LogP contribution in [-0.4, -0.2) is 7.11 Å². The highest BCUT2D eigenvalue weighted by Crippen LogP contribution is 2.29. The number of ether oxygens (including phenoxy) is 2. The summed E-state index contributed by atoms with van der Waals surface area (Å²) in [6.07, 6.45) is 1.48. The number of methoxy groups -OCH3 is 1. The van der Waals surface area contributed by atoms with Gasteiger partial charge in [0.2, 0.25) is 5.43 Å². The molecule has 140 valence electrons. The number of aryl methyl sites for hydroxylation is 1. The van der Waals surface area contributed by atoms with E-state index in [1.807, 2.05) is 49.4 Å². The van der Waals surface area contributed by atoms with Crippen molar-refractivity contribution in [1.82, 2.24) is 0 Å². The van der Waals surface area contributed by atoms with E-state index in [-0.39, 0.29) is 5.43 Å². The number of hydrogen-bond acceptors (Lipinski definition) is 4. The van der Waals surface area contributed by atoms with Crippen LogP contribution >= 0.6 is 0 Å². The molecule has 0 aliphatic heterocycles. The zero-order chi connectivity index (χ0) is 19.5. The minimum Gasteiger partial charge on any atom is -0.496 e. The molecule has 4 nitrogen and oxygen atoms in total. The first-order valence-electron chi connectivity index (χ1n) is 9.03. The third kappa shape index (κ3) is 3.49. The van der Waals surface area contributed by atoms with Gasteiger partial charge < -0.3 is 13.9 Å². The minimum atomic E-state index is -0.101. The Morgan fingerprint density at radius 1 is 0.929 bits per heavy atom. The molecule has 28 heavy (non-hydrogen) atoms. The fourth-order valence-corrected chi connectivity index (χ4v) is 3.22. The van der Waals surface area contributed by atoms with Crippen LogP contribution < -0.4 is 14.9 Å². The molecule has 0 spiro atoms. The van der Waals surface area contributed by atoms with E-state index in [1.54, 1.807) is 25.3 Å². The van der Waals surface area contributed by atoms with Crippen LogP contribution in [0, 0.1) is 6.92 Å². The van der Waals surface area contributed by atoms with Crippen molar-refractivity contribution in [3.05, 3.63) is 94.3 Å². The first kappa shape index (κ1) is 17.9. The molecule has 4 aromatic rings. The summed E-state index contributed by atoms with van der Waals surface area (Å²) < 4.78 is 17.0. The lowest BCUT2D eigenvalue weighted by Gasteiger charge is -2.10. The Morgan fingerprint density at radius 3 is 2.61 bits per heavy atom. The summed E-state index contributed by atoms with van der Waals surface area (Å²) in [6.45, 7) is 2.50. The standard InChI is InChI=1S/C24H20O4/c1-16-6-5-7-17(12-16)14-27-18-10-11-20-23(13-18)28-15-21(24(20)25)19-8-3-4-9-22(19)26-2/h3-13,15H,14H2,1-2H3. The van der Waals surface area contributed by atoms with E-state index in [1.165, 1.54) is 11.8 Å². The smallest absolute Gasteiger partial charge is 0.200 e. The molecule has 4 heteroatoms. The predicted octanol–water partition coefficient (Wildman–Crippen LogP) is 5.36. The van der Waals surface area contributed by atoms with E-state index >= 15 is 0 Å². The van der Waals surface area contributed by atoms with Crippen LogP contribution in [0.1, 0.15) is 11.1 Å². The Balaban J connectivity index is 1.65. The zero-order valence-electron chi connectivity index (χ0n) is 15.8. The van der Waals surface area contributed by atoms with E-state index in [2.05, 4.69) is 6.07 Å². The van der Waals surface area contributed by atoms with E-state index in [0.717, 1.165) is 5.56 Å². The van der Waals surface area contributed by atoms with Gasteiger partial charge in [0.05, 0.1) is 18.1 Å². The molecular weight excluding hydrogens is 352 g/mol. The molecule has 1 aromatic heterocycles. The number of rotatable bonds is 5. The Kier molecular flexibility index (Phi) is 4.85. The topological polar surface area (TPSA) is 48.7 Å². The Hall–Kier alpha value is -3.53. The average Bonchev–Trinajstić information content (AvgIpc) is 2.72. The van der Waals surface area contributed by atoms with Gasteiger partial charge in [-0.2, -0.15) is 0 Å². The molecule has 0 bridgehead atoms. The molecule has 0 unspecified atom stereocenters. The summed E-state index contributed by atoms with van der Waals surface area (Å²) in [5.74, 6) is 1.29. The van der Waals surface area contributed by atoms with Gasteiger partial charge in [-0.15, -0.1) is 0 Å². The molecule has 4 rings (SSSR count). The lowest BCUT2D eigenvalue weighted by molar-refractivity contribution is 0.306. The van der Waals surface area contributed by atoms with E-state index in [9.17, 15) is 4.79 Å². The number of hydrogen-bond donors (Lipinski definition) is 0. The van der Waals surface area contributed by atoms with Crippen molar-refractivity contribution in [1.29, 1.82) is 0 Å². The van der Waals surface area contributed by atoms with Crippen LogP contribution in [0.3, 0.4) is 0 Å². The molecule has 0 fully saturated rings. The minimum absolute atomic E-state index is 0.101. The zero-order valence-corrected chi connectivity index (χ0v) is 15.8. The molecule has 0 aliphatic carbocycles. The fraction of sp³-hybridized carbons (Fsp3) is 0.125. The third-order valence-corrected chi connectivity index (χ3v) is 4.63. The normalized spacial score (nSPS) is 10.8. The summed E-state index contributed by atoms with van der Waals surface area (Å²) in [7, 11) is 1.58. The van der Waals surface area contributed by atoms with E-state index in [4.69, 9.17) is 13.9 Å². The van der Waals surface area contributed by atoms with Crippen LogP contribution in [0.25, 0.3) is 22.1 Å². The average molecular weight is 372 g/mol. The second-order valence-corrected chi connectivity index (χ2v) is 6.61. The summed E-state index contributed by atoms with van der Waals surface area (Å²) in [5.41, 5.74) is 3.85. The number of fused-ring (bicyclic) bond motifs is 1. The van der Waals surface area contributed by atoms with E-state index < -0.39 is 0 Å². The fourth-order valence-electron chi connectivity index (χ4n) is 3.22. The molecule has 0 N–H and O–H groups in total. The van der Waals surface area contributed by atoms with Crippen molar-refractivity contribution in [2.24, 2.45) is 0 Å². The van der Waals surface area contributed by atoms with Gasteiger partial charge in [-0.1, -0.05) is 48.0 Å². The maximum Gasteiger partial charge on any atom is 0.200 e. The summed E-state index contributed by atoms with van der Waals surface area (Å²) >= 11 is 0. The van der Waals surface area contributed by atoms with Crippen molar-refractivity contribution >= 4 is 11.0 Å². The van der Waals surface area contributed by atoms with Gasteiger partial charge in [-0.3, -0.25) is 4.79 Å². The van der Waals surface area contributed by atoms with Crippen molar-refractivity contribution in [3.8, 4) is 22.6 Å². The highest BCUT2D eigenvalue weighted by molar-refractivity contribution is 5.83. The third-order valence-electron chi connectivity index (χ3n) is 4.63. The quantitative estimate of drug-likeness (QED) is 0.473. The van der Waals surface area contributed by atoms with Crippen LogP contribution in [0.2, 0.25) is 0 Å². The Morgan fingerprint density at radius 2 is 1.79 bits per heavy atom. The first-order valence-corrected chi connectivity index (χ1v) is 9.03. The maximum atomic E-state index is 13.0. The van der Waals surface area contributed by atoms with Gasteiger partial charge >= 0.3 is 0 Å². The highest BCUT2D eigenvalue weighted by Gasteiger charge is 2.13. The van der Waals surface area contributed by atoms with Crippen LogP contribution in [0.4, 0.5) is 0 Å². The van der Waals surface area contributed by atoms with Crippen LogP contribution in [0.15, 0.2) is 82.2 Å². The largest absolute Gasteiger partial charge is 0.496 e. The van der Waals surface area contributed by atoms with Crippen molar-refractivity contribution in [2.75, 3.05) is 7.11 Å². The monoisotopic (exact) mass is 372 g/mol. The van der Waals surface area contributed by atoms with Gasteiger partial charge in [0.25, 0.3) is 0 Å². The maximum absolute atomic E-state index is 13.0. The first-order chi connectivity index (χ1) is 13.7. The summed E-state index contributed by atoms with van der Waals surface area (Å²) in [4.78, 5) is 13.0. The molecule has 1 heterocycles. The molecule has 0 radical (unpaired) electrons. The predicted molar refractivity (Wildman–Crippen MR) is 110 cm³/mol. The highest BCUT2D eigenvalue weighted by atomic mass is 16.5. The van der Waals surface area contributed by atoms with Gasteiger partial charge in [-0.25, -0.2) is 0 Å². The lowest BCUT2D eigenvalue weighted by atomic mass is 10.0. The molecule has 0 aliphatic rings. The molecule has 0 saturated carbocycles. The second kappa shape index (κ2) is 7.61. The molecule has 0 amide bonds. The summed E-state index contributed by atoms with van der Waals surface area (Å²) in [6, 6.07) is 20.8.